The monoisotopic (exact) mass is 449 g/mol. The first kappa shape index (κ1) is 23.0. The third-order valence-electron chi connectivity index (χ3n) is 5.24. The first-order chi connectivity index (χ1) is 14.7. The molecule has 0 unspecified atom stereocenters. The molecule has 1 aliphatic heterocycles. The average Bonchev–Trinajstić information content (AvgIpc) is 2.75. The molecule has 1 amide bonds. The normalized spacial score (nSPS) is 15.6. The summed E-state index contributed by atoms with van der Waals surface area (Å²) in [4.78, 5) is 16.6. The molecule has 1 heterocycles. The van der Waals surface area contributed by atoms with Gasteiger partial charge in [-0.2, -0.15) is 4.72 Å². The van der Waals surface area contributed by atoms with Gasteiger partial charge in [0.05, 0.1) is 17.5 Å². The van der Waals surface area contributed by atoms with E-state index in [9.17, 15) is 17.6 Å². The molecular formula is C22H28FN3O4S. The highest BCUT2D eigenvalue weighted by molar-refractivity contribution is 7.89. The third kappa shape index (κ3) is 5.54. The minimum Gasteiger partial charge on any atom is -0.494 e. The molecule has 7 nitrogen and oxygen atoms in total. The number of rotatable bonds is 7. The summed E-state index contributed by atoms with van der Waals surface area (Å²) in [5, 5.41) is 0. The number of ether oxygens (including phenoxy) is 1. The van der Waals surface area contributed by atoms with Gasteiger partial charge in [0, 0.05) is 31.9 Å². The molecule has 31 heavy (non-hydrogen) atoms. The highest BCUT2D eigenvalue weighted by Gasteiger charge is 2.28. The zero-order valence-corrected chi connectivity index (χ0v) is 18.8. The van der Waals surface area contributed by atoms with Crippen LogP contribution in [-0.2, 0) is 14.8 Å². The van der Waals surface area contributed by atoms with E-state index in [1.165, 1.54) is 24.3 Å². The van der Waals surface area contributed by atoms with Crippen molar-refractivity contribution in [3.63, 3.8) is 0 Å². The second-order valence-electron chi connectivity index (χ2n) is 7.49. The van der Waals surface area contributed by atoms with Crippen molar-refractivity contribution in [2.24, 2.45) is 0 Å². The van der Waals surface area contributed by atoms with Crippen molar-refractivity contribution in [2.75, 3.05) is 37.7 Å². The molecule has 9 heteroatoms. The number of nitrogens with one attached hydrogen (secondary N) is 1. The minimum atomic E-state index is -3.85. The molecule has 0 saturated carbocycles. The Morgan fingerprint density at radius 3 is 2.35 bits per heavy atom. The van der Waals surface area contributed by atoms with Gasteiger partial charge in [-0.25, -0.2) is 12.8 Å². The molecular weight excluding hydrogens is 421 g/mol. The predicted octanol–water partition coefficient (Wildman–Crippen LogP) is 2.55. The number of benzene rings is 2. The number of anilines is 1. The van der Waals surface area contributed by atoms with Crippen LogP contribution in [-0.4, -0.2) is 58.1 Å². The molecule has 1 atom stereocenters. The summed E-state index contributed by atoms with van der Waals surface area (Å²) in [6.07, 6.45) is 0. The van der Waals surface area contributed by atoms with Gasteiger partial charge in [-0.15, -0.1) is 0 Å². The SMILES string of the molecule is CCOc1ccc(S(=O)(=O)N[C@H](C)C(=O)N2CCN(c3ccc(F)cc3)CC2)cc1C. The summed E-state index contributed by atoms with van der Waals surface area (Å²) in [5.74, 6) is 0.0657. The number of carbonyl (C=O) groups is 1. The minimum absolute atomic E-state index is 0.0919. The van der Waals surface area contributed by atoms with E-state index in [2.05, 4.69) is 9.62 Å². The summed E-state index contributed by atoms with van der Waals surface area (Å²) in [5.41, 5.74) is 1.61. The maximum atomic E-state index is 13.1. The Hall–Kier alpha value is -2.65. The fourth-order valence-corrected chi connectivity index (χ4v) is 4.85. The van der Waals surface area contributed by atoms with Gasteiger partial charge in [-0.3, -0.25) is 4.79 Å². The maximum absolute atomic E-state index is 13.1. The Bertz CT molecular complexity index is 1020. The fourth-order valence-electron chi connectivity index (χ4n) is 3.57. The van der Waals surface area contributed by atoms with E-state index in [4.69, 9.17) is 4.74 Å². The Balaban J connectivity index is 1.60. The smallest absolute Gasteiger partial charge is 0.241 e. The van der Waals surface area contributed by atoms with E-state index >= 15 is 0 Å². The van der Waals surface area contributed by atoms with Gasteiger partial charge >= 0.3 is 0 Å². The van der Waals surface area contributed by atoms with E-state index in [1.54, 1.807) is 36.9 Å². The maximum Gasteiger partial charge on any atom is 0.241 e. The lowest BCUT2D eigenvalue weighted by molar-refractivity contribution is -0.132. The number of hydrogen-bond acceptors (Lipinski definition) is 5. The number of piperazine rings is 1. The molecule has 2 aromatic carbocycles. The molecule has 168 valence electrons. The molecule has 0 spiro atoms. The van der Waals surface area contributed by atoms with Crippen LogP contribution in [0.3, 0.4) is 0 Å². The molecule has 0 radical (unpaired) electrons. The highest BCUT2D eigenvalue weighted by atomic mass is 32.2. The van der Waals surface area contributed by atoms with Crippen LogP contribution in [0.2, 0.25) is 0 Å². The number of hydrogen-bond donors (Lipinski definition) is 1. The van der Waals surface area contributed by atoms with Crippen molar-refractivity contribution in [3.05, 3.63) is 53.8 Å². The Kier molecular flexibility index (Phi) is 7.17. The van der Waals surface area contributed by atoms with Crippen LogP contribution in [0, 0.1) is 12.7 Å². The van der Waals surface area contributed by atoms with Crippen molar-refractivity contribution in [1.82, 2.24) is 9.62 Å². The molecule has 0 aliphatic carbocycles. The lowest BCUT2D eigenvalue weighted by Crippen LogP contribution is -2.54. The number of aryl methyl sites for hydroxylation is 1. The second kappa shape index (κ2) is 9.65. The Labute approximate surface area is 182 Å². The highest BCUT2D eigenvalue weighted by Crippen LogP contribution is 2.22. The van der Waals surface area contributed by atoms with Gasteiger partial charge in [-0.1, -0.05) is 0 Å². The van der Waals surface area contributed by atoms with Gasteiger partial charge in [0.2, 0.25) is 15.9 Å². The van der Waals surface area contributed by atoms with Crippen LogP contribution in [0.1, 0.15) is 19.4 Å². The summed E-state index contributed by atoms with van der Waals surface area (Å²) < 4.78 is 46.6. The summed E-state index contributed by atoms with van der Waals surface area (Å²) in [6.45, 7) is 7.79. The summed E-state index contributed by atoms with van der Waals surface area (Å²) >= 11 is 0. The lowest BCUT2D eigenvalue weighted by atomic mass is 10.2. The van der Waals surface area contributed by atoms with Crippen molar-refractivity contribution in [1.29, 1.82) is 0 Å². The standard InChI is InChI=1S/C22H28FN3O4S/c1-4-30-21-10-9-20(15-16(21)2)31(28,29)24-17(3)22(27)26-13-11-25(12-14-26)19-7-5-18(23)6-8-19/h5-10,15,17,24H,4,11-14H2,1-3H3/t17-/m1/s1. The van der Waals surface area contributed by atoms with Gasteiger partial charge in [0.25, 0.3) is 0 Å². The lowest BCUT2D eigenvalue weighted by Gasteiger charge is -2.37. The van der Waals surface area contributed by atoms with Crippen LogP contribution in [0.25, 0.3) is 0 Å². The first-order valence-electron chi connectivity index (χ1n) is 10.3. The van der Waals surface area contributed by atoms with E-state index in [1.807, 2.05) is 6.92 Å². The van der Waals surface area contributed by atoms with Crippen LogP contribution in [0.5, 0.6) is 5.75 Å². The predicted molar refractivity (Wildman–Crippen MR) is 117 cm³/mol. The number of sulfonamides is 1. The van der Waals surface area contributed by atoms with E-state index in [-0.39, 0.29) is 16.6 Å². The largest absolute Gasteiger partial charge is 0.494 e. The van der Waals surface area contributed by atoms with Crippen LogP contribution in [0.4, 0.5) is 10.1 Å². The van der Waals surface area contributed by atoms with Crippen molar-refractivity contribution < 1.29 is 22.3 Å². The molecule has 1 aliphatic rings. The second-order valence-corrected chi connectivity index (χ2v) is 9.21. The van der Waals surface area contributed by atoms with Gasteiger partial charge in [-0.05, 0) is 68.8 Å². The van der Waals surface area contributed by atoms with E-state index < -0.39 is 16.1 Å². The van der Waals surface area contributed by atoms with E-state index in [0.29, 0.717) is 44.1 Å². The topological polar surface area (TPSA) is 78.9 Å². The van der Waals surface area contributed by atoms with Crippen LogP contribution in [0.15, 0.2) is 47.4 Å². The molecule has 1 fully saturated rings. The van der Waals surface area contributed by atoms with Gasteiger partial charge < -0.3 is 14.5 Å². The number of carbonyl (C=O) groups excluding carboxylic acids is 1. The Morgan fingerprint density at radius 1 is 1.13 bits per heavy atom. The Morgan fingerprint density at radius 2 is 1.77 bits per heavy atom. The van der Waals surface area contributed by atoms with Crippen molar-refractivity contribution in [3.8, 4) is 5.75 Å². The fraction of sp³-hybridized carbons (Fsp3) is 0.409. The molecule has 0 bridgehead atoms. The number of halogens is 1. The molecule has 1 saturated heterocycles. The van der Waals surface area contributed by atoms with Gasteiger partial charge in [0.1, 0.15) is 11.6 Å². The van der Waals surface area contributed by atoms with Crippen LogP contribution >= 0.6 is 0 Å². The average molecular weight is 450 g/mol. The summed E-state index contributed by atoms with van der Waals surface area (Å²) in [7, 11) is -3.85. The van der Waals surface area contributed by atoms with E-state index in [0.717, 1.165) is 5.69 Å². The van der Waals surface area contributed by atoms with Crippen LogP contribution < -0.4 is 14.4 Å². The zero-order chi connectivity index (χ0) is 22.6. The zero-order valence-electron chi connectivity index (χ0n) is 18.0. The van der Waals surface area contributed by atoms with Crippen molar-refractivity contribution in [2.45, 2.75) is 31.7 Å². The number of nitrogens with zero attached hydrogens (tertiary/aromatic N) is 2. The third-order valence-corrected chi connectivity index (χ3v) is 6.78. The number of amides is 1. The quantitative estimate of drug-likeness (QED) is 0.703. The van der Waals surface area contributed by atoms with Crippen molar-refractivity contribution >= 4 is 21.6 Å². The first-order valence-corrected chi connectivity index (χ1v) is 11.7. The molecule has 1 N–H and O–H groups in total. The van der Waals surface area contributed by atoms with Gasteiger partial charge in [0.15, 0.2) is 0 Å². The molecule has 0 aromatic heterocycles. The summed E-state index contributed by atoms with van der Waals surface area (Å²) in [6, 6.07) is 9.97. The molecule has 2 aromatic rings. The molecule has 3 rings (SSSR count).